The molecular formula is C17H22F2N2O3. The van der Waals surface area contributed by atoms with Crippen LogP contribution in [-0.2, 0) is 16.1 Å². The minimum absolute atomic E-state index is 0.0714. The Morgan fingerprint density at radius 1 is 1.21 bits per heavy atom. The van der Waals surface area contributed by atoms with E-state index in [1.54, 1.807) is 12.1 Å². The zero-order chi connectivity index (χ0) is 17.5. The highest BCUT2D eigenvalue weighted by Crippen LogP contribution is 2.28. The van der Waals surface area contributed by atoms with Gasteiger partial charge in [0.05, 0.1) is 0 Å². The van der Waals surface area contributed by atoms with Gasteiger partial charge in [-0.3, -0.25) is 9.59 Å². The SMILES string of the molecule is CC(=O)NC(C(=O)NCc1ccc(OC(F)F)cc1)C1CCCC1. The van der Waals surface area contributed by atoms with Gasteiger partial charge in [0.1, 0.15) is 11.8 Å². The molecule has 1 aliphatic carbocycles. The molecule has 2 rings (SSSR count). The number of hydrogen-bond acceptors (Lipinski definition) is 3. The first kappa shape index (κ1) is 18.2. The Balaban J connectivity index is 1.90. The number of nitrogens with one attached hydrogen (secondary N) is 2. The first-order valence-electron chi connectivity index (χ1n) is 8.04. The van der Waals surface area contributed by atoms with Gasteiger partial charge in [-0.15, -0.1) is 0 Å². The first-order chi connectivity index (χ1) is 11.5. The van der Waals surface area contributed by atoms with E-state index in [0.717, 1.165) is 31.2 Å². The fourth-order valence-corrected chi connectivity index (χ4v) is 3.00. The molecule has 0 radical (unpaired) electrons. The predicted molar refractivity (Wildman–Crippen MR) is 84.5 cm³/mol. The summed E-state index contributed by atoms with van der Waals surface area (Å²) < 4.78 is 28.5. The number of halogens is 2. The largest absolute Gasteiger partial charge is 0.435 e. The molecular weight excluding hydrogens is 318 g/mol. The monoisotopic (exact) mass is 340 g/mol. The van der Waals surface area contributed by atoms with Gasteiger partial charge in [-0.05, 0) is 36.5 Å². The van der Waals surface area contributed by atoms with Gasteiger partial charge >= 0.3 is 6.61 Å². The van der Waals surface area contributed by atoms with Crippen LogP contribution in [0.2, 0.25) is 0 Å². The standard InChI is InChI=1S/C17H22F2N2O3/c1-11(22)21-15(13-4-2-3-5-13)16(23)20-10-12-6-8-14(9-7-12)24-17(18)19/h6-9,13,15,17H,2-5,10H2,1H3,(H,20,23)(H,21,22). The van der Waals surface area contributed by atoms with Gasteiger partial charge < -0.3 is 15.4 Å². The minimum atomic E-state index is -2.86. The Labute approximate surface area is 139 Å². The number of carbonyl (C=O) groups excluding carboxylic acids is 2. The molecule has 7 heteroatoms. The number of benzene rings is 1. The van der Waals surface area contributed by atoms with E-state index in [9.17, 15) is 18.4 Å². The molecule has 1 saturated carbocycles. The molecule has 2 amide bonds. The van der Waals surface area contributed by atoms with Gasteiger partial charge in [0, 0.05) is 13.5 Å². The summed E-state index contributed by atoms with van der Waals surface area (Å²) >= 11 is 0. The van der Waals surface area contributed by atoms with Crippen LogP contribution in [-0.4, -0.2) is 24.5 Å². The van der Waals surface area contributed by atoms with E-state index in [4.69, 9.17) is 0 Å². The normalized spacial score (nSPS) is 16.0. The second kappa shape index (κ2) is 8.61. The molecule has 5 nitrogen and oxygen atoms in total. The summed E-state index contributed by atoms with van der Waals surface area (Å²) in [6, 6.07) is 5.56. The van der Waals surface area contributed by atoms with E-state index >= 15 is 0 Å². The van der Waals surface area contributed by atoms with Crippen molar-refractivity contribution >= 4 is 11.8 Å². The number of ether oxygens (including phenoxy) is 1. The molecule has 1 fully saturated rings. The molecule has 2 N–H and O–H groups in total. The van der Waals surface area contributed by atoms with Crippen molar-refractivity contribution in [2.75, 3.05) is 0 Å². The molecule has 0 heterocycles. The summed E-state index contributed by atoms with van der Waals surface area (Å²) in [4.78, 5) is 23.8. The highest BCUT2D eigenvalue weighted by Gasteiger charge is 2.31. The zero-order valence-corrected chi connectivity index (χ0v) is 13.6. The summed E-state index contributed by atoms with van der Waals surface area (Å²) in [6.07, 6.45) is 4.00. The van der Waals surface area contributed by atoms with Crippen LogP contribution in [0.1, 0.15) is 38.2 Å². The van der Waals surface area contributed by atoms with Crippen molar-refractivity contribution in [3.63, 3.8) is 0 Å². The van der Waals surface area contributed by atoms with E-state index < -0.39 is 12.7 Å². The third-order valence-corrected chi connectivity index (χ3v) is 4.13. The molecule has 0 saturated heterocycles. The molecule has 1 aliphatic rings. The van der Waals surface area contributed by atoms with Crippen LogP contribution < -0.4 is 15.4 Å². The molecule has 0 bridgehead atoms. The lowest BCUT2D eigenvalue weighted by Crippen LogP contribution is -2.49. The van der Waals surface area contributed by atoms with Crippen molar-refractivity contribution in [3.05, 3.63) is 29.8 Å². The van der Waals surface area contributed by atoms with Crippen LogP contribution in [0.4, 0.5) is 8.78 Å². The van der Waals surface area contributed by atoms with Crippen LogP contribution in [0.15, 0.2) is 24.3 Å². The maximum Gasteiger partial charge on any atom is 0.387 e. The van der Waals surface area contributed by atoms with Crippen molar-refractivity contribution in [1.29, 1.82) is 0 Å². The summed E-state index contributed by atoms with van der Waals surface area (Å²) in [5, 5.41) is 5.53. The zero-order valence-electron chi connectivity index (χ0n) is 13.6. The topological polar surface area (TPSA) is 67.4 Å². The summed E-state index contributed by atoms with van der Waals surface area (Å²) in [6.45, 7) is -1.20. The van der Waals surface area contributed by atoms with E-state index in [2.05, 4.69) is 15.4 Å². The van der Waals surface area contributed by atoms with Crippen LogP contribution in [0, 0.1) is 5.92 Å². The average Bonchev–Trinajstić information content (AvgIpc) is 3.05. The lowest BCUT2D eigenvalue weighted by atomic mass is 9.97. The van der Waals surface area contributed by atoms with Crippen molar-refractivity contribution in [3.8, 4) is 5.75 Å². The number of carbonyl (C=O) groups is 2. The van der Waals surface area contributed by atoms with E-state index in [-0.39, 0.29) is 30.0 Å². The van der Waals surface area contributed by atoms with Crippen LogP contribution in [0.25, 0.3) is 0 Å². The minimum Gasteiger partial charge on any atom is -0.435 e. The molecule has 1 aromatic rings. The lowest BCUT2D eigenvalue weighted by molar-refractivity contribution is -0.129. The first-order valence-corrected chi connectivity index (χ1v) is 8.04. The number of hydrogen-bond donors (Lipinski definition) is 2. The van der Waals surface area contributed by atoms with Crippen LogP contribution in [0.3, 0.4) is 0 Å². The summed E-state index contributed by atoms with van der Waals surface area (Å²) in [5.41, 5.74) is 0.762. The van der Waals surface area contributed by atoms with Crippen molar-refractivity contribution in [1.82, 2.24) is 10.6 Å². The number of alkyl halides is 2. The van der Waals surface area contributed by atoms with Crippen molar-refractivity contribution < 1.29 is 23.1 Å². The quantitative estimate of drug-likeness (QED) is 0.802. The number of rotatable bonds is 7. The predicted octanol–water partition coefficient (Wildman–Crippen LogP) is 2.60. The summed E-state index contributed by atoms with van der Waals surface area (Å²) in [5.74, 6) is -0.210. The Bertz CT molecular complexity index is 557. The number of amides is 2. The molecule has 0 aromatic heterocycles. The van der Waals surface area contributed by atoms with E-state index in [0.29, 0.717) is 0 Å². The van der Waals surface area contributed by atoms with Gasteiger partial charge in [-0.1, -0.05) is 25.0 Å². The molecule has 132 valence electrons. The Hall–Kier alpha value is -2.18. The molecule has 0 spiro atoms. The van der Waals surface area contributed by atoms with Crippen LogP contribution in [0.5, 0.6) is 5.75 Å². The highest BCUT2D eigenvalue weighted by molar-refractivity contribution is 5.87. The second-order valence-electron chi connectivity index (χ2n) is 5.96. The third-order valence-electron chi connectivity index (χ3n) is 4.13. The Morgan fingerprint density at radius 2 is 1.83 bits per heavy atom. The maximum absolute atomic E-state index is 12.4. The van der Waals surface area contributed by atoms with Gasteiger partial charge in [-0.25, -0.2) is 0 Å². The smallest absolute Gasteiger partial charge is 0.387 e. The van der Waals surface area contributed by atoms with Gasteiger partial charge in [-0.2, -0.15) is 8.78 Å². The fraction of sp³-hybridized carbons (Fsp3) is 0.529. The maximum atomic E-state index is 12.4. The van der Waals surface area contributed by atoms with E-state index in [1.165, 1.54) is 19.1 Å². The Kier molecular flexibility index (Phi) is 6.52. The molecule has 1 aromatic carbocycles. The van der Waals surface area contributed by atoms with Gasteiger partial charge in [0.2, 0.25) is 11.8 Å². The summed E-state index contributed by atoms with van der Waals surface area (Å²) in [7, 11) is 0. The molecule has 1 atom stereocenters. The highest BCUT2D eigenvalue weighted by atomic mass is 19.3. The van der Waals surface area contributed by atoms with Gasteiger partial charge in [0.15, 0.2) is 0 Å². The van der Waals surface area contributed by atoms with Crippen molar-refractivity contribution in [2.45, 2.75) is 51.8 Å². The fourth-order valence-electron chi connectivity index (χ4n) is 3.00. The molecule has 0 aliphatic heterocycles. The average molecular weight is 340 g/mol. The van der Waals surface area contributed by atoms with Crippen molar-refractivity contribution in [2.24, 2.45) is 5.92 Å². The third kappa shape index (κ3) is 5.47. The Morgan fingerprint density at radius 3 is 2.38 bits per heavy atom. The molecule has 1 unspecified atom stereocenters. The lowest BCUT2D eigenvalue weighted by Gasteiger charge is -2.23. The second-order valence-corrected chi connectivity index (χ2v) is 5.96. The van der Waals surface area contributed by atoms with E-state index in [1.807, 2.05) is 0 Å². The van der Waals surface area contributed by atoms with Crippen LogP contribution >= 0.6 is 0 Å². The molecule has 24 heavy (non-hydrogen) atoms. The van der Waals surface area contributed by atoms with Gasteiger partial charge in [0.25, 0.3) is 0 Å².